The van der Waals surface area contributed by atoms with E-state index in [4.69, 9.17) is 11.6 Å². The van der Waals surface area contributed by atoms with Gasteiger partial charge in [0, 0.05) is 28.7 Å². The highest BCUT2D eigenvalue weighted by atomic mass is 35.5. The van der Waals surface area contributed by atoms with E-state index in [1.165, 1.54) is 6.07 Å². The Bertz CT molecular complexity index is 721. The first-order chi connectivity index (χ1) is 9.24. The molecule has 0 aliphatic carbocycles. The Morgan fingerprint density at radius 3 is 2.84 bits per heavy atom. The summed E-state index contributed by atoms with van der Waals surface area (Å²) in [5.41, 5.74) is 2.63. The van der Waals surface area contributed by atoms with Crippen LogP contribution in [0.4, 0.5) is 10.1 Å². The minimum absolute atomic E-state index is 0.340. The van der Waals surface area contributed by atoms with Gasteiger partial charge in [-0.1, -0.05) is 29.8 Å². The van der Waals surface area contributed by atoms with Crippen LogP contribution in [0.3, 0.4) is 0 Å². The number of nitrogens with one attached hydrogen (secondary N) is 2. The summed E-state index contributed by atoms with van der Waals surface area (Å²) in [6, 6.07) is 12.6. The van der Waals surface area contributed by atoms with Crippen LogP contribution >= 0.6 is 11.6 Å². The second kappa shape index (κ2) is 4.94. The van der Waals surface area contributed by atoms with Gasteiger partial charge < -0.3 is 10.3 Å². The number of fused-ring (bicyclic) bond motifs is 1. The van der Waals surface area contributed by atoms with E-state index in [2.05, 4.69) is 10.3 Å². The molecule has 3 rings (SSSR count). The third-order valence-electron chi connectivity index (χ3n) is 3.08. The van der Waals surface area contributed by atoms with Gasteiger partial charge in [-0.15, -0.1) is 0 Å². The number of halogens is 2. The molecule has 2 nitrogen and oxygen atoms in total. The topological polar surface area (TPSA) is 27.8 Å². The molecular weight excluding hydrogens is 263 g/mol. The zero-order valence-corrected chi connectivity index (χ0v) is 10.8. The van der Waals surface area contributed by atoms with Crippen molar-refractivity contribution in [3.63, 3.8) is 0 Å². The third-order valence-corrected chi connectivity index (χ3v) is 3.31. The molecule has 1 aromatic heterocycles. The highest BCUT2D eigenvalue weighted by molar-refractivity contribution is 6.30. The fourth-order valence-electron chi connectivity index (χ4n) is 2.10. The molecule has 0 saturated heterocycles. The lowest BCUT2D eigenvalue weighted by atomic mass is 10.2. The van der Waals surface area contributed by atoms with Crippen molar-refractivity contribution < 1.29 is 4.39 Å². The van der Waals surface area contributed by atoms with E-state index in [-0.39, 0.29) is 5.82 Å². The monoisotopic (exact) mass is 274 g/mol. The van der Waals surface area contributed by atoms with Crippen molar-refractivity contribution in [1.82, 2.24) is 4.98 Å². The maximum Gasteiger partial charge on any atom is 0.147 e. The van der Waals surface area contributed by atoms with E-state index in [0.29, 0.717) is 17.3 Å². The summed E-state index contributed by atoms with van der Waals surface area (Å²) in [7, 11) is 0. The van der Waals surface area contributed by atoms with Gasteiger partial charge in [0.25, 0.3) is 0 Å². The van der Waals surface area contributed by atoms with E-state index in [1.54, 1.807) is 12.1 Å². The molecule has 0 atom stereocenters. The molecule has 1 heterocycles. The Balaban J connectivity index is 1.82. The second-order valence-electron chi connectivity index (χ2n) is 4.34. The first-order valence-corrected chi connectivity index (χ1v) is 6.36. The Morgan fingerprint density at radius 1 is 1.16 bits per heavy atom. The van der Waals surface area contributed by atoms with Crippen LogP contribution in [0, 0.1) is 5.82 Å². The normalized spacial score (nSPS) is 10.8. The minimum Gasteiger partial charge on any atom is -0.379 e. The molecule has 0 saturated carbocycles. The minimum atomic E-state index is -0.340. The summed E-state index contributed by atoms with van der Waals surface area (Å²) in [6.07, 6.45) is 1.94. The van der Waals surface area contributed by atoms with Crippen LogP contribution < -0.4 is 5.32 Å². The number of benzene rings is 2. The number of anilines is 1. The van der Waals surface area contributed by atoms with E-state index in [9.17, 15) is 4.39 Å². The van der Waals surface area contributed by atoms with Crippen LogP contribution in [0.25, 0.3) is 10.9 Å². The standard InChI is InChI=1S/C15H12ClFN2/c16-11-5-6-15(13(17)7-11)19-9-10-8-18-14-4-2-1-3-12(10)14/h1-8,18-19H,9H2. The molecule has 0 unspecified atom stereocenters. The van der Waals surface area contributed by atoms with Gasteiger partial charge >= 0.3 is 0 Å². The van der Waals surface area contributed by atoms with Crippen LogP contribution in [-0.4, -0.2) is 4.98 Å². The first kappa shape index (κ1) is 12.1. The smallest absolute Gasteiger partial charge is 0.147 e. The van der Waals surface area contributed by atoms with Crippen molar-refractivity contribution in [2.24, 2.45) is 0 Å². The molecule has 0 aliphatic rings. The predicted molar refractivity (Wildman–Crippen MR) is 77.0 cm³/mol. The van der Waals surface area contributed by atoms with Gasteiger partial charge in [-0.25, -0.2) is 4.39 Å². The Hall–Kier alpha value is -2.00. The van der Waals surface area contributed by atoms with Crippen LogP contribution in [0.5, 0.6) is 0 Å². The summed E-state index contributed by atoms with van der Waals surface area (Å²) in [5, 5.41) is 4.62. The quantitative estimate of drug-likeness (QED) is 0.719. The molecule has 0 bridgehead atoms. The van der Waals surface area contributed by atoms with E-state index in [0.717, 1.165) is 16.5 Å². The molecule has 0 amide bonds. The van der Waals surface area contributed by atoms with Gasteiger partial charge in [0.15, 0.2) is 0 Å². The maximum absolute atomic E-state index is 13.6. The van der Waals surface area contributed by atoms with Crippen molar-refractivity contribution in [2.75, 3.05) is 5.32 Å². The van der Waals surface area contributed by atoms with Gasteiger partial charge in [0.2, 0.25) is 0 Å². The van der Waals surface area contributed by atoms with Crippen LogP contribution in [0.1, 0.15) is 5.56 Å². The van der Waals surface area contributed by atoms with Crippen molar-refractivity contribution in [2.45, 2.75) is 6.54 Å². The molecular formula is C15H12ClFN2. The number of H-pyrrole nitrogens is 1. The molecule has 2 N–H and O–H groups in total. The number of hydrogen-bond acceptors (Lipinski definition) is 1. The molecule has 0 aliphatic heterocycles. The van der Waals surface area contributed by atoms with E-state index >= 15 is 0 Å². The second-order valence-corrected chi connectivity index (χ2v) is 4.77. The summed E-state index contributed by atoms with van der Waals surface area (Å²) in [6.45, 7) is 0.558. The van der Waals surface area contributed by atoms with Crippen molar-refractivity contribution in [1.29, 1.82) is 0 Å². The van der Waals surface area contributed by atoms with E-state index in [1.807, 2.05) is 30.5 Å². The molecule has 0 spiro atoms. The van der Waals surface area contributed by atoms with Gasteiger partial charge in [0.05, 0.1) is 5.69 Å². The molecule has 0 fully saturated rings. The fraction of sp³-hybridized carbons (Fsp3) is 0.0667. The average Bonchev–Trinajstić information content (AvgIpc) is 2.81. The van der Waals surface area contributed by atoms with Crippen molar-refractivity contribution in [3.8, 4) is 0 Å². The van der Waals surface area contributed by atoms with Gasteiger partial charge in [-0.2, -0.15) is 0 Å². The lowest BCUT2D eigenvalue weighted by Crippen LogP contribution is -2.00. The van der Waals surface area contributed by atoms with Crippen molar-refractivity contribution in [3.05, 3.63) is 65.1 Å². The summed E-state index contributed by atoms with van der Waals surface area (Å²) < 4.78 is 13.6. The van der Waals surface area contributed by atoms with Gasteiger partial charge in [-0.05, 0) is 29.8 Å². The number of aromatic nitrogens is 1. The number of aromatic amines is 1. The van der Waals surface area contributed by atoms with Crippen LogP contribution in [-0.2, 0) is 6.54 Å². The zero-order valence-electron chi connectivity index (χ0n) is 10.1. The fourth-order valence-corrected chi connectivity index (χ4v) is 2.26. The summed E-state index contributed by atoms with van der Waals surface area (Å²) in [5.74, 6) is -0.340. The highest BCUT2D eigenvalue weighted by Crippen LogP contribution is 2.22. The molecule has 0 radical (unpaired) electrons. The number of hydrogen-bond donors (Lipinski definition) is 2. The highest BCUT2D eigenvalue weighted by Gasteiger charge is 2.05. The lowest BCUT2D eigenvalue weighted by Gasteiger charge is -2.07. The van der Waals surface area contributed by atoms with Gasteiger partial charge in [-0.3, -0.25) is 0 Å². The summed E-state index contributed by atoms with van der Waals surface area (Å²) >= 11 is 5.72. The Kier molecular flexibility index (Phi) is 3.13. The van der Waals surface area contributed by atoms with Crippen molar-refractivity contribution >= 4 is 28.2 Å². The average molecular weight is 275 g/mol. The predicted octanol–water partition coefficient (Wildman–Crippen LogP) is 4.57. The van der Waals surface area contributed by atoms with Crippen LogP contribution in [0.15, 0.2) is 48.7 Å². The Morgan fingerprint density at radius 2 is 2.00 bits per heavy atom. The van der Waals surface area contributed by atoms with Crippen LogP contribution in [0.2, 0.25) is 5.02 Å². The number of para-hydroxylation sites is 1. The number of rotatable bonds is 3. The molecule has 2 aromatic carbocycles. The third kappa shape index (κ3) is 2.42. The van der Waals surface area contributed by atoms with Gasteiger partial charge in [0.1, 0.15) is 5.82 Å². The largest absolute Gasteiger partial charge is 0.379 e. The molecule has 96 valence electrons. The SMILES string of the molecule is Fc1cc(Cl)ccc1NCc1c[nH]c2ccccc12. The Labute approximate surface area is 115 Å². The van der Waals surface area contributed by atoms with E-state index < -0.39 is 0 Å². The maximum atomic E-state index is 13.6. The molecule has 3 aromatic rings. The molecule has 19 heavy (non-hydrogen) atoms. The zero-order chi connectivity index (χ0) is 13.2. The molecule has 4 heteroatoms. The lowest BCUT2D eigenvalue weighted by molar-refractivity contribution is 0.630. The summed E-state index contributed by atoms with van der Waals surface area (Å²) in [4.78, 5) is 3.19. The first-order valence-electron chi connectivity index (χ1n) is 5.98.